The molecule has 0 aromatic heterocycles. The highest BCUT2D eigenvalue weighted by Gasteiger charge is 2.15. The van der Waals surface area contributed by atoms with Crippen molar-refractivity contribution in [1.29, 1.82) is 0 Å². The molecular weight excluding hydrogens is 290 g/mol. The molecule has 118 valence electrons. The van der Waals surface area contributed by atoms with E-state index in [1.54, 1.807) is 6.92 Å². The van der Waals surface area contributed by atoms with Crippen LogP contribution in [-0.4, -0.2) is 33.5 Å². The van der Waals surface area contributed by atoms with Crippen molar-refractivity contribution in [3.05, 3.63) is 29.8 Å². The Balaban J connectivity index is 2.80. The monoisotopic (exact) mass is 313 g/mol. The molecule has 1 amide bonds. The van der Waals surface area contributed by atoms with Gasteiger partial charge in [-0.3, -0.25) is 4.79 Å². The van der Waals surface area contributed by atoms with Crippen LogP contribution in [0.5, 0.6) is 0 Å². The van der Waals surface area contributed by atoms with Crippen LogP contribution in [0.15, 0.2) is 29.2 Å². The van der Waals surface area contributed by atoms with E-state index >= 15 is 0 Å². The van der Waals surface area contributed by atoms with Crippen molar-refractivity contribution in [3.8, 4) is 0 Å². The number of hydrogen-bond acceptors (Lipinski definition) is 4. The molecule has 0 aliphatic carbocycles. The van der Waals surface area contributed by atoms with Gasteiger partial charge >= 0.3 is 0 Å². The van der Waals surface area contributed by atoms with Crippen molar-refractivity contribution in [2.75, 3.05) is 13.1 Å². The molecule has 7 heteroatoms. The van der Waals surface area contributed by atoms with Crippen LogP contribution in [0.25, 0.3) is 0 Å². The maximum absolute atomic E-state index is 12.0. The Morgan fingerprint density at radius 2 is 1.76 bits per heavy atom. The lowest BCUT2D eigenvalue weighted by Crippen LogP contribution is -2.37. The third-order valence-electron chi connectivity index (χ3n) is 2.84. The van der Waals surface area contributed by atoms with E-state index in [9.17, 15) is 13.2 Å². The minimum atomic E-state index is -3.53. The summed E-state index contributed by atoms with van der Waals surface area (Å²) in [5.41, 5.74) is 5.84. The first kappa shape index (κ1) is 17.6. The number of carbonyl (C=O) groups excluding carboxylic acids is 1. The van der Waals surface area contributed by atoms with Crippen LogP contribution in [0.4, 0.5) is 0 Å². The molecule has 0 saturated carbocycles. The number of benzene rings is 1. The van der Waals surface area contributed by atoms with Gasteiger partial charge in [-0.25, -0.2) is 13.1 Å². The molecule has 0 unspecified atom stereocenters. The van der Waals surface area contributed by atoms with Crippen molar-refractivity contribution >= 4 is 15.9 Å². The van der Waals surface area contributed by atoms with Gasteiger partial charge in [0.25, 0.3) is 5.91 Å². The van der Waals surface area contributed by atoms with Gasteiger partial charge in [0.1, 0.15) is 0 Å². The second-order valence-corrected chi connectivity index (χ2v) is 7.15. The van der Waals surface area contributed by atoms with Crippen LogP contribution in [-0.2, 0) is 10.0 Å². The van der Waals surface area contributed by atoms with Gasteiger partial charge in [-0.1, -0.05) is 13.8 Å². The Hall–Kier alpha value is -1.44. The Kier molecular flexibility index (Phi) is 6.32. The van der Waals surface area contributed by atoms with E-state index in [1.165, 1.54) is 24.3 Å². The van der Waals surface area contributed by atoms with Crippen LogP contribution < -0.4 is 15.8 Å². The summed E-state index contributed by atoms with van der Waals surface area (Å²) in [5, 5.41) is 2.72. The van der Waals surface area contributed by atoms with Gasteiger partial charge in [0.05, 0.1) is 4.90 Å². The van der Waals surface area contributed by atoms with Crippen molar-refractivity contribution < 1.29 is 13.2 Å². The largest absolute Gasteiger partial charge is 0.348 e. The number of amides is 1. The molecule has 6 nitrogen and oxygen atoms in total. The maximum atomic E-state index is 12.0. The second-order valence-electron chi connectivity index (χ2n) is 5.38. The predicted octanol–water partition coefficient (Wildman–Crippen LogP) is 0.698. The molecule has 0 heterocycles. The summed E-state index contributed by atoms with van der Waals surface area (Å²) in [4.78, 5) is 12.0. The summed E-state index contributed by atoms with van der Waals surface area (Å²) in [5.74, 6) is -0.0467. The summed E-state index contributed by atoms with van der Waals surface area (Å²) in [6.07, 6.45) is 0. The molecule has 1 rings (SSSR count). The van der Waals surface area contributed by atoms with Gasteiger partial charge < -0.3 is 11.1 Å². The number of carbonyl (C=O) groups is 1. The lowest BCUT2D eigenvalue weighted by Gasteiger charge is -2.12. The average Bonchev–Trinajstić information content (AvgIpc) is 2.45. The molecule has 21 heavy (non-hydrogen) atoms. The molecular formula is C14H23N3O3S. The zero-order valence-corrected chi connectivity index (χ0v) is 13.4. The van der Waals surface area contributed by atoms with E-state index in [0.717, 1.165) is 0 Å². The maximum Gasteiger partial charge on any atom is 0.251 e. The van der Waals surface area contributed by atoms with Crippen LogP contribution >= 0.6 is 0 Å². The van der Waals surface area contributed by atoms with Gasteiger partial charge in [-0.15, -0.1) is 0 Å². The molecule has 1 aromatic rings. The summed E-state index contributed by atoms with van der Waals surface area (Å²) >= 11 is 0. The lowest BCUT2D eigenvalue weighted by molar-refractivity contribution is 0.0941. The van der Waals surface area contributed by atoms with E-state index in [0.29, 0.717) is 18.7 Å². The number of sulfonamides is 1. The Labute approximate surface area is 126 Å². The quantitative estimate of drug-likeness (QED) is 0.689. The Morgan fingerprint density at radius 1 is 1.19 bits per heavy atom. The Bertz CT molecular complexity index is 568. The standard InChI is InChI=1S/C14H23N3O3S/c1-10(2)9-16-21(19,20)13-6-4-12(5-7-13)14(18)17-11(3)8-15/h4-7,10-11,16H,8-9,15H2,1-3H3,(H,17,18)/t11-/m0/s1. The summed E-state index contributed by atoms with van der Waals surface area (Å²) < 4.78 is 26.5. The topological polar surface area (TPSA) is 101 Å². The highest BCUT2D eigenvalue weighted by molar-refractivity contribution is 7.89. The third kappa shape index (κ3) is 5.45. The van der Waals surface area contributed by atoms with E-state index in [4.69, 9.17) is 5.73 Å². The number of nitrogens with two attached hydrogens (primary N) is 1. The molecule has 0 aliphatic heterocycles. The fourth-order valence-electron chi connectivity index (χ4n) is 1.51. The summed E-state index contributed by atoms with van der Waals surface area (Å²) in [6.45, 7) is 6.37. The normalized spacial score (nSPS) is 13.2. The van der Waals surface area contributed by atoms with Gasteiger partial charge in [-0.2, -0.15) is 0 Å². The first-order valence-corrected chi connectivity index (χ1v) is 8.35. The number of rotatable bonds is 7. The predicted molar refractivity (Wildman–Crippen MR) is 82.5 cm³/mol. The highest BCUT2D eigenvalue weighted by atomic mass is 32.2. The molecule has 1 aromatic carbocycles. The molecule has 0 radical (unpaired) electrons. The van der Waals surface area contributed by atoms with Gasteiger partial charge in [0.15, 0.2) is 0 Å². The van der Waals surface area contributed by atoms with E-state index in [-0.39, 0.29) is 22.8 Å². The molecule has 0 saturated heterocycles. The SMILES string of the molecule is CC(C)CNS(=O)(=O)c1ccc(C(=O)N[C@@H](C)CN)cc1. The third-order valence-corrected chi connectivity index (χ3v) is 4.28. The molecule has 0 aliphatic rings. The lowest BCUT2D eigenvalue weighted by atomic mass is 10.2. The van der Waals surface area contributed by atoms with Crippen molar-refractivity contribution in [2.45, 2.75) is 31.7 Å². The summed E-state index contributed by atoms with van der Waals surface area (Å²) in [6, 6.07) is 5.69. The minimum Gasteiger partial charge on any atom is -0.348 e. The number of nitrogens with one attached hydrogen (secondary N) is 2. The molecule has 4 N–H and O–H groups in total. The van der Waals surface area contributed by atoms with E-state index < -0.39 is 10.0 Å². The zero-order valence-electron chi connectivity index (χ0n) is 12.6. The van der Waals surface area contributed by atoms with Crippen molar-refractivity contribution in [2.24, 2.45) is 11.7 Å². The highest BCUT2D eigenvalue weighted by Crippen LogP contribution is 2.11. The molecule has 0 fully saturated rings. The number of hydrogen-bond donors (Lipinski definition) is 3. The fourth-order valence-corrected chi connectivity index (χ4v) is 2.73. The van der Waals surface area contributed by atoms with E-state index in [1.807, 2.05) is 13.8 Å². The molecule has 0 bridgehead atoms. The van der Waals surface area contributed by atoms with Gasteiger partial charge in [0.2, 0.25) is 10.0 Å². The van der Waals surface area contributed by atoms with Crippen molar-refractivity contribution in [1.82, 2.24) is 10.0 Å². The first-order valence-electron chi connectivity index (χ1n) is 6.87. The zero-order chi connectivity index (χ0) is 16.0. The van der Waals surface area contributed by atoms with Crippen LogP contribution in [0.3, 0.4) is 0 Å². The second kappa shape index (κ2) is 7.53. The Morgan fingerprint density at radius 3 is 2.24 bits per heavy atom. The van der Waals surface area contributed by atoms with Crippen LogP contribution in [0.1, 0.15) is 31.1 Å². The molecule has 1 atom stereocenters. The minimum absolute atomic E-state index is 0.131. The van der Waals surface area contributed by atoms with Crippen molar-refractivity contribution in [3.63, 3.8) is 0 Å². The van der Waals surface area contributed by atoms with E-state index in [2.05, 4.69) is 10.0 Å². The van der Waals surface area contributed by atoms with Crippen LogP contribution in [0.2, 0.25) is 0 Å². The summed E-state index contributed by atoms with van der Waals surface area (Å²) in [7, 11) is -3.53. The smallest absolute Gasteiger partial charge is 0.251 e. The fraction of sp³-hybridized carbons (Fsp3) is 0.500. The first-order chi connectivity index (χ1) is 9.76. The van der Waals surface area contributed by atoms with Gasteiger partial charge in [-0.05, 0) is 37.1 Å². The molecule has 0 spiro atoms. The van der Waals surface area contributed by atoms with Gasteiger partial charge in [0, 0.05) is 24.7 Å². The average molecular weight is 313 g/mol. The van der Waals surface area contributed by atoms with Crippen LogP contribution in [0, 0.1) is 5.92 Å².